The zero-order chi connectivity index (χ0) is 18.5. The number of thiophene rings is 1. The molecule has 0 bridgehead atoms. The molecule has 0 amide bonds. The fourth-order valence-corrected chi connectivity index (χ4v) is 4.89. The van der Waals surface area contributed by atoms with Gasteiger partial charge in [0, 0.05) is 17.3 Å². The van der Waals surface area contributed by atoms with Crippen LogP contribution in [0.4, 0.5) is 13.2 Å². The lowest BCUT2D eigenvalue weighted by molar-refractivity contribution is -0.137. The van der Waals surface area contributed by atoms with Crippen molar-refractivity contribution in [1.29, 1.82) is 0 Å². The maximum absolute atomic E-state index is 12.9. The van der Waals surface area contributed by atoms with Crippen molar-refractivity contribution < 1.29 is 18.0 Å². The fraction of sp³-hybridized carbons (Fsp3) is 0.222. The molecule has 4 rings (SSSR count). The molecule has 0 radical (unpaired) electrons. The zero-order valence-corrected chi connectivity index (χ0v) is 15.3. The summed E-state index contributed by atoms with van der Waals surface area (Å²) in [6, 6.07) is 4.43. The SMILES string of the molecule is CSc1scc2c1-c1nn(C(=O)c3cccc(C(F)(F)F)c3)cc1CC2. The number of hydrogen-bond donors (Lipinski definition) is 0. The second-order valence-corrected chi connectivity index (χ2v) is 7.91. The van der Waals surface area contributed by atoms with E-state index in [1.54, 1.807) is 29.3 Å². The van der Waals surface area contributed by atoms with Crippen molar-refractivity contribution in [3.8, 4) is 11.3 Å². The number of carbonyl (C=O) groups excluding carboxylic acids is 1. The van der Waals surface area contributed by atoms with Gasteiger partial charge in [0.15, 0.2) is 0 Å². The summed E-state index contributed by atoms with van der Waals surface area (Å²) in [5, 5.41) is 6.53. The number of rotatable bonds is 2. The molecule has 2 aromatic heterocycles. The summed E-state index contributed by atoms with van der Waals surface area (Å²) >= 11 is 3.28. The number of fused-ring (bicyclic) bond motifs is 3. The molecule has 0 saturated carbocycles. The third kappa shape index (κ3) is 2.87. The van der Waals surface area contributed by atoms with Gasteiger partial charge in [-0.15, -0.1) is 23.1 Å². The van der Waals surface area contributed by atoms with Crippen molar-refractivity contribution >= 4 is 29.0 Å². The van der Waals surface area contributed by atoms with E-state index in [4.69, 9.17) is 0 Å². The predicted octanol–water partition coefficient (Wildman–Crippen LogP) is 5.14. The number of carbonyl (C=O) groups is 1. The van der Waals surface area contributed by atoms with Crippen molar-refractivity contribution in [3.05, 3.63) is 58.1 Å². The first-order valence-electron chi connectivity index (χ1n) is 7.83. The number of halogens is 3. The Morgan fingerprint density at radius 2 is 2.04 bits per heavy atom. The predicted molar refractivity (Wildman–Crippen MR) is 95.9 cm³/mol. The number of aryl methyl sites for hydroxylation is 2. The summed E-state index contributed by atoms with van der Waals surface area (Å²) < 4.78 is 41.0. The molecule has 134 valence electrons. The Morgan fingerprint density at radius 1 is 1.27 bits per heavy atom. The second-order valence-electron chi connectivity index (χ2n) is 5.96. The molecular formula is C18H13F3N2OS2. The number of hydrogen-bond acceptors (Lipinski definition) is 4. The van der Waals surface area contributed by atoms with Gasteiger partial charge >= 0.3 is 6.18 Å². The van der Waals surface area contributed by atoms with Crippen molar-refractivity contribution in [2.75, 3.05) is 6.26 Å². The number of nitrogens with zero attached hydrogens (tertiary/aromatic N) is 2. The lowest BCUT2D eigenvalue weighted by Crippen LogP contribution is -2.14. The lowest BCUT2D eigenvalue weighted by atomic mass is 9.94. The topological polar surface area (TPSA) is 34.9 Å². The van der Waals surface area contributed by atoms with Gasteiger partial charge in [0.05, 0.1) is 15.5 Å². The Balaban J connectivity index is 1.74. The molecule has 0 spiro atoms. The van der Waals surface area contributed by atoms with Crippen LogP contribution in [0.1, 0.15) is 27.0 Å². The van der Waals surface area contributed by atoms with Crippen molar-refractivity contribution in [2.24, 2.45) is 0 Å². The first-order valence-corrected chi connectivity index (χ1v) is 9.94. The maximum atomic E-state index is 12.9. The Kier molecular flexibility index (Phi) is 4.19. The summed E-state index contributed by atoms with van der Waals surface area (Å²) in [6.07, 6.45) is 0.790. The third-order valence-electron chi connectivity index (χ3n) is 4.35. The molecule has 3 nitrogen and oxygen atoms in total. The van der Waals surface area contributed by atoms with Gasteiger partial charge in [-0.3, -0.25) is 4.79 Å². The van der Waals surface area contributed by atoms with Crippen LogP contribution in [-0.2, 0) is 19.0 Å². The monoisotopic (exact) mass is 394 g/mol. The highest BCUT2D eigenvalue weighted by atomic mass is 32.2. The first kappa shape index (κ1) is 17.4. The fourth-order valence-electron chi connectivity index (χ4n) is 3.09. The smallest absolute Gasteiger partial charge is 0.267 e. The summed E-state index contributed by atoms with van der Waals surface area (Å²) in [6.45, 7) is 0. The molecule has 1 aliphatic rings. The number of alkyl halides is 3. The van der Waals surface area contributed by atoms with Crippen molar-refractivity contribution in [1.82, 2.24) is 9.78 Å². The summed E-state index contributed by atoms with van der Waals surface area (Å²) in [5.74, 6) is -0.562. The van der Waals surface area contributed by atoms with E-state index in [1.807, 2.05) is 6.26 Å². The molecule has 26 heavy (non-hydrogen) atoms. The molecule has 0 atom stereocenters. The number of benzene rings is 1. The number of aromatic nitrogens is 2. The Bertz CT molecular complexity index is 991. The summed E-state index contributed by atoms with van der Waals surface area (Å²) in [5.41, 5.74) is 3.10. The highest BCUT2D eigenvalue weighted by Crippen LogP contribution is 2.42. The molecule has 1 aliphatic carbocycles. The molecule has 0 unspecified atom stereocenters. The van der Waals surface area contributed by atoms with E-state index in [0.29, 0.717) is 0 Å². The molecule has 1 aromatic carbocycles. The van der Waals surface area contributed by atoms with Gasteiger partial charge in [-0.1, -0.05) is 6.07 Å². The van der Waals surface area contributed by atoms with E-state index in [-0.39, 0.29) is 5.56 Å². The normalized spacial score (nSPS) is 13.4. The summed E-state index contributed by atoms with van der Waals surface area (Å²) in [4.78, 5) is 12.7. The average Bonchev–Trinajstić information content (AvgIpc) is 3.23. The first-order chi connectivity index (χ1) is 12.4. The minimum Gasteiger partial charge on any atom is -0.267 e. The van der Waals surface area contributed by atoms with E-state index < -0.39 is 17.6 Å². The van der Waals surface area contributed by atoms with Crippen molar-refractivity contribution in [2.45, 2.75) is 23.2 Å². The molecule has 0 fully saturated rings. The van der Waals surface area contributed by atoms with E-state index in [0.717, 1.165) is 50.7 Å². The van der Waals surface area contributed by atoms with Gasteiger partial charge in [-0.2, -0.15) is 18.3 Å². The molecule has 3 aromatic rings. The standard InChI is InChI=1S/C18H13F3N2OS2/c1-25-17-14-12(9-26-17)6-5-11-8-23(22-15(11)14)16(24)10-3-2-4-13(7-10)18(19,20)21/h2-4,7-9H,5-6H2,1H3. The van der Waals surface area contributed by atoms with Gasteiger partial charge in [0.25, 0.3) is 5.91 Å². The number of thioether (sulfide) groups is 1. The van der Waals surface area contributed by atoms with Crippen LogP contribution in [0.3, 0.4) is 0 Å². The van der Waals surface area contributed by atoms with Crippen LogP contribution in [0.5, 0.6) is 0 Å². The van der Waals surface area contributed by atoms with Crippen LogP contribution in [0.15, 0.2) is 40.1 Å². The van der Waals surface area contributed by atoms with Crippen LogP contribution in [0.25, 0.3) is 11.3 Å². The molecule has 0 aliphatic heterocycles. The highest BCUT2D eigenvalue weighted by molar-refractivity contribution is 8.00. The van der Waals surface area contributed by atoms with E-state index in [2.05, 4.69) is 10.5 Å². The Hall–Kier alpha value is -2.06. The van der Waals surface area contributed by atoms with E-state index in [9.17, 15) is 18.0 Å². The largest absolute Gasteiger partial charge is 0.416 e. The van der Waals surface area contributed by atoms with E-state index in [1.165, 1.54) is 17.7 Å². The average molecular weight is 394 g/mol. The quantitative estimate of drug-likeness (QED) is 0.565. The molecule has 0 N–H and O–H groups in total. The second kappa shape index (κ2) is 6.28. The van der Waals surface area contributed by atoms with Crippen LogP contribution < -0.4 is 0 Å². The Labute approximate surface area is 155 Å². The molecular weight excluding hydrogens is 381 g/mol. The van der Waals surface area contributed by atoms with Gasteiger partial charge in [-0.25, -0.2) is 4.68 Å². The van der Waals surface area contributed by atoms with Crippen LogP contribution in [0.2, 0.25) is 0 Å². The van der Waals surface area contributed by atoms with Crippen LogP contribution >= 0.6 is 23.1 Å². The van der Waals surface area contributed by atoms with Gasteiger partial charge < -0.3 is 0 Å². The minimum absolute atomic E-state index is 0.0321. The molecule has 8 heteroatoms. The highest BCUT2D eigenvalue weighted by Gasteiger charge is 2.31. The minimum atomic E-state index is -4.49. The van der Waals surface area contributed by atoms with Gasteiger partial charge in [0.2, 0.25) is 0 Å². The van der Waals surface area contributed by atoms with Crippen LogP contribution in [-0.4, -0.2) is 21.9 Å². The molecule has 2 heterocycles. The van der Waals surface area contributed by atoms with Gasteiger partial charge in [-0.05, 0) is 53.8 Å². The third-order valence-corrected chi connectivity index (χ3v) is 6.54. The zero-order valence-electron chi connectivity index (χ0n) is 13.6. The molecule has 0 saturated heterocycles. The van der Waals surface area contributed by atoms with E-state index >= 15 is 0 Å². The van der Waals surface area contributed by atoms with Gasteiger partial charge in [0.1, 0.15) is 0 Å². The van der Waals surface area contributed by atoms with Crippen LogP contribution in [0, 0.1) is 0 Å². The van der Waals surface area contributed by atoms with Crippen molar-refractivity contribution in [3.63, 3.8) is 0 Å². The maximum Gasteiger partial charge on any atom is 0.416 e. The Morgan fingerprint density at radius 3 is 2.77 bits per heavy atom. The lowest BCUT2D eigenvalue weighted by Gasteiger charge is -2.11. The summed E-state index contributed by atoms with van der Waals surface area (Å²) in [7, 11) is 0.